The van der Waals surface area contributed by atoms with Crippen molar-refractivity contribution in [1.82, 2.24) is 91.9 Å². The Bertz CT molecular complexity index is 7880. The molecule has 4 amide bonds. The van der Waals surface area contributed by atoms with E-state index in [2.05, 4.69) is 91.9 Å². The number of aliphatic hydroxyl groups excluding tert-OH is 1. The monoisotopic (exact) mass is 1950 g/mol. The second kappa shape index (κ2) is 47.9. The maximum Gasteiger partial charge on any atom is 0.341 e. The molecule has 17 rings (SSSR count). The number of esters is 1. The van der Waals surface area contributed by atoms with Crippen molar-refractivity contribution in [2.24, 2.45) is 11.7 Å². The van der Waals surface area contributed by atoms with Gasteiger partial charge in [0.25, 0.3) is 17.7 Å². The number of ketones is 2. The molecule has 38 nitrogen and oxygen atoms in total. The number of Topliss-reactive ketones (excluding diaryl/α,β-unsaturated/α-hetero) is 2. The lowest BCUT2D eigenvalue weighted by atomic mass is 10.0. The Labute approximate surface area is 817 Å². The minimum atomic E-state index is -1.07. The van der Waals surface area contributed by atoms with E-state index in [0.717, 1.165) is 21.6 Å². The molecule has 2 unspecified atom stereocenters. The zero-order valence-corrected chi connectivity index (χ0v) is 79.4. The summed E-state index contributed by atoms with van der Waals surface area (Å²) in [5, 5.41) is 68.3. The fourth-order valence-corrected chi connectivity index (χ4v) is 15.4. The summed E-state index contributed by atoms with van der Waals surface area (Å²) < 4.78 is 32.2. The van der Waals surface area contributed by atoms with Gasteiger partial charge in [-0.05, 0) is 174 Å². The van der Waals surface area contributed by atoms with Crippen LogP contribution in [0.1, 0.15) is 168 Å². The molecule has 2 atom stereocenters. The van der Waals surface area contributed by atoms with E-state index in [4.69, 9.17) is 34.2 Å². The second-order valence-corrected chi connectivity index (χ2v) is 32.7. The molecule has 0 fully saturated rings. The van der Waals surface area contributed by atoms with Gasteiger partial charge >= 0.3 is 11.9 Å². The highest BCUT2D eigenvalue weighted by Crippen LogP contribution is 2.39. The van der Waals surface area contributed by atoms with Gasteiger partial charge in [0.2, 0.25) is 22.6 Å². The second-order valence-electron chi connectivity index (χ2n) is 31.7. The zero-order chi connectivity index (χ0) is 102. The van der Waals surface area contributed by atoms with Crippen molar-refractivity contribution in [3.63, 3.8) is 0 Å². The molecule has 0 bridgehead atoms. The minimum Gasteiger partial charge on any atom is -0.495 e. The topological polar surface area (TPSA) is 562 Å². The number of carbonyl (C=O) groups is 8. The van der Waals surface area contributed by atoms with E-state index in [9.17, 15) is 63.0 Å². The summed E-state index contributed by atoms with van der Waals surface area (Å²) in [5.41, 5.74) is 17.9. The Kier molecular flexibility index (Phi) is 34.1. The van der Waals surface area contributed by atoms with Crippen molar-refractivity contribution in [1.29, 1.82) is 0 Å². The molecule has 0 spiro atoms. The molecule has 11 aromatic heterocycles. The van der Waals surface area contributed by atoms with E-state index in [-0.39, 0.29) is 81.9 Å². The van der Waals surface area contributed by atoms with Crippen LogP contribution in [0.15, 0.2) is 214 Å². The number of hydrogen-bond acceptors (Lipinski definition) is 26. The molecule has 0 aliphatic heterocycles. The van der Waals surface area contributed by atoms with E-state index in [1.807, 2.05) is 73.8 Å². The zero-order valence-electron chi connectivity index (χ0n) is 78.6. The van der Waals surface area contributed by atoms with E-state index >= 15 is 0 Å². The maximum atomic E-state index is 13.1. The Morgan fingerprint density at radius 2 is 0.776 bits per heavy atom. The number of carboxylic acids is 1. The number of aromatic carboxylic acids is 1. The molecule has 0 saturated carbocycles. The minimum absolute atomic E-state index is 0.0681. The van der Waals surface area contributed by atoms with Gasteiger partial charge in [0.15, 0.2) is 11.6 Å². The fourth-order valence-electron chi connectivity index (χ4n) is 14.8. The standard InChI is InChI=1S/C25H23N5O4.C21H24N4O4.C21H18N4O3S.C19H17N3O4.C18H15N3O4/c1-34-23-17(25(33)28-20(24(26)32)14-15-6-3-2-4-7-15)11-13-19-22(23)18(29-30-19)12-10-16-8-5-9-21(31)27-16;1-12(2)17(11-26)23-21(28)14-8-10-16-19(20(14)29-3)15(24-25-16)9-7-13-5-4-6-18(27)22-13;1-28-20-15(21(27)22-12-14-5-3-11-29-14)8-10-17-19(20)16(24-25-17)9-7-13-4-2-6-18(26)23-13;1-11(23)14-7-4-12(10-20-14)5-8-15-17-16(22-21-15)9-6-13(18(17)25-2)19(24)26-3;1-10(22)13-6-3-11(9-19-13)4-7-14-16-15(21-20-14)8-5-12(18(23)24)17(16)25-2/h2-13,20H,14H2,1H3,(H2,26,32)(H,27,31)(H,28,33)(H,29,30);4-10,12,17,26H,11H2,1-3H3,(H,22,27)(H,23,28)(H,24,25);2-11H,12H2,1H3,(H,22,27)(H,23,26)(H,24,25);4-10H,1-3H3,(H,21,22);3-9H,1-2H3,(H,20,21)(H,23,24)/b12-10+;2*9-7+;8-5+;7-4+. The summed E-state index contributed by atoms with van der Waals surface area (Å²) in [7, 11) is 8.71. The molecule has 0 aliphatic rings. The Balaban J connectivity index is 0.000000151. The Morgan fingerprint density at radius 3 is 1.10 bits per heavy atom. The van der Waals surface area contributed by atoms with Crippen molar-refractivity contribution < 1.29 is 77.0 Å². The number of primary amides is 1. The van der Waals surface area contributed by atoms with Gasteiger partial charge in [-0.2, -0.15) is 25.5 Å². The van der Waals surface area contributed by atoms with Crippen molar-refractivity contribution >= 4 is 174 Å². The van der Waals surface area contributed by atoms with Crippen LogP contribution in [0.4, 0.5) is 0 Å². The van der Waals surface area contributed by atoms with E-state index in [1.54, 1.807) is 188 Å². The maximum absolute atomic E-state index is 13.1. The fraction of sp³-hybridized carbons (Fsp3) is 0.154. The third kappa shape index (κ3) is 25.2. The number of hydrogen-bond donors (Lipinski definition) is 14. The van der Waals surface area contributed by atoms with Crippen LogP contribution in [0, 0.1) is 5.92 Å². The van der Waals surface area contributed by atoms with Crippen molar-refractivity contribution in [2.45, 2.75) is 52.7 Å². The SMILES string of the molecule is COC(=O)c1ccc2n[nH]c(/C=C/c3ccc(C(C)=O)nc3)c2c1OC.COc1c(C(=O)NC(CO)C(C)C)ccc2n[nH]c(/C=C/c3cccc(=O)[nH]3)c12.COc1c(C(=O)NC(Cc2ccccc2)C(N)=O)ccc2n[nH]c(/C=C/c3cccc(=O)[nH]3)c12.COc1c(C(=O)NCc2cccs2)ccc2n[nH]c(/C=C/c3cccc(=O)[nH]3)c12.COc1c(C(=O)O)ccc2n[nH]c(/C=C/c3ccc(C(C)=O)nc3)c12. The van der Waals surface area contributed by atoms with Gasteiger partial charge in [-0.1, -0.05) is 92.7 Å². The molecule has 6 aromatic carbocycles. The van der Waals surface area contributed by atoms with E-state index in [1.165, 1.54) is 80.8 Å². The lowest BCUT2D eigenvalue weighted by Crippen LogP contribution is -2.45. The predicted molar refractivity (Wildman–Crippen MR) is 545 cm³/mol. The highest BCUT2D eigenvalue weighted by atomic mass is 32.1. The number of fused-ring (bicyclic) bond motifs is 5. The molecule has 11 heterocycles. The third-order valence-electron chi connectivity index (χ3n) is 22.0. The first kappa shape index (κ1) is 102. The number of aromatic nitrogens is 15. The number of aliphatic hydroxyl groups is 1. The highest BCUT2D eigenvalue weighted by molar-refractivity contribution is 7.09. The molecule has 0 saturated heterocycles. The molecular formula is C104H97N19O19S. The average molecular weight is 1950 g/mol. The van der Waals surface area contributed by atoms with Gasteiger partial charge < -0.3 is 75.3 Å². The number of aromatic amines is 8. The number of nitrogens with one attached hydrogen (secondary N) is 11. The van der Waals surface area contributed by atoms with E-state index in [0.29, 0.717) is 158 Å². The molecule has 0 radical (unpaired) electrons. The number of nitrogens with zero attached hydrogens (tertiary/aromatic N) is 7. The van der Waals surface area contributed by atoms with Crippen LogP contribution in [0.3, 0.4) is 0 Å². The normalized spacial score (nSPS) is 11.6. The molecule has 17 aromatic rings. The van der Waals surface area contributed by atoms with Crippen LogP contribution in [-0.4, -0.2) is 195 Å². The van der Waals surface area contributed by atoms with E-state index < -0.39 is 29.8 Å². The lowest BCUT2D eigenvalue weighted by Gasteiger charge is -2.20. The Morgan fingerprint density at radius 1 is 0.413 bits per heavy atom. The molecular weight excluding hydrogens is 1850 g/mol. The molecule has 15 N–H and O–H groups in total. The predicted octanol–water partition coefficient (Wildman–Crippen LogP) is 14.0. The smallest absolute Gasteiger partial charge is 0.341 e. The van der Waals surface area contributed by atoms with Crippen molar-refractivity contribution in [3.05, 3.63) is 337 Å². The molecule has 39 heteroatoms. The van der Waals surface area contributed by atoms with Crippen LogP contribution in [-0.2, 0) is 22.5 Å². The average Bonchev–Trinajstić information content (AvgIpc) is 1.70. The number of benzene rings is 6. The van der Waals surface area contributed by atoms with Gasteiger partial charge in [-0.25, -0.2) is 9.59 Å². The summed E-state index contributed by atoms with van der Waals surface area (Å²) >= 11 is 1.59. The molecule has 728 valence electrons. The van der Waals surface area contributed by atoms with Gasteiger partial charge in [0.1, 0.15) is 57.3 Å². The van der Waals surface area contributed by atoms with Crippen molar-refractivity contribution in [2.75, 3.05) is 49.3 Å². The number of nitrogens with two attached hydrogens (primary N) is 1. The lowest BCUT2D eigenvalue weighted by molar-refractivity contribution is -0.119. The number of H-pyrrole nitrogens is 8. The number of ether oxygens (including phenoxy) is 6. The number of pyridine rings is 5. The van der Waals surface area contributed by atoms with Gasteiger partial charge in [0, 0.05) is 72.8 Å². The third-order valence-corrected chi connectivity index (χ3v) is 22.9. The van der Waals surface area contributed by atoms with Gasteiger partial charge in [-0.15, -0.1) is 11.3 Å². The number of carbonyl (C=O) groups excluding carboxylic acids is 7. The van der Waals surface area contributed by atoms with Crippen LogP contribution in [0.2, 0.25) is 0 Å². The van der Waals surface area contributed by atoms with Crippen LogP contribution in [0.25, 0.3) is 115 Å². The number of rotatable bonds is 31. The van der Waals surface area contributed by atoms with Crippen LogP contribution in [0.5, 0.6) is 28.7 Å². The molecule has 0 aliphatic carbocycles. The summed E-state index contributed by atoms with van der Waals surface area (Å²) in [4.78, 5) is 148. The summed E-state index contributed by atoms with van der Waals surface area (Å²) in [6.07, 6.45) is 21.1. The summed E-state index contributed by atoms with van der Waals surface area (Å²) in [6.45, 7) is 7.09. The number of methoxy groups -OCH3 is 6. The quantitative estimate of drug-likeness (QED) is 0.0142. The first-order valence-corrected chi connectivity index (χ1v) is 44.9. The summed E-state index contributed by atoms with van der Waals surface area (Å²) in [6, 6.07) is 50.0. The molecule has 143 heavy (non-hydrogen) atoms. The van der Waals surface area contributed by atoms with Gasteiger partial charge in [-0.3, -0.25) is 78.6 Å². The van der Waals surface area contributed by atoms with Crippen LogP contribution < -0.4 is 62.0 Å². The number of thiophene rings is 1. The first-order chi connectivity index (χ1) is 69.1. The number of amides is 4. The Hall–Kier alpha value is -18.7. The largest absolute Gasteiger partial charge is 0.495 e. The first-order valence-electron chi connectivity index (χ1n) is 44.0. The highest BCUT2D eigenvalue weighted by Gasteiger charge is 2.28. The van der Waals surface area contributed by atoms with Crippen LogP contribution >= 0.6 is 11.3 Å². The number of carboxylic acid groups (broad SMARTS) is 1. The summed E-state index contributed by atoms with van der Waals surface area (Å²) in [5.74, 6) is -1.56. The van der Waals surface area contributed by atoms with Gasteiger partial charge in [0.05, 0.1) is 162 Å². The van der Waals surface area contributed by atoms with Crippen molar-refractivity contribution in [3.8, 4) is 28.7 Å².